The zero-order valence-corrected chi connectivity index (χ0v) is 16.0. The molecule has 158 valence electrons. The number of halogens is 3. The van der Waals surface area contributed by atoms with Gasteiger partial charge in [0, 0.05) is 12.0 Å². The summed E-state index contributed by atoms with van der Waals surface area (Å²) >= 11 is 0. The van der Waals surface area contributed by atoms with Gasteiger partial charge in [0.05, 0.1) is 12.2 Å². The van der Waals surface area contributed by atoms with Crippen molar-refractivity contribution in [2.24, 2.45) is 0 Å². The third kappa shape index (κ3) is 5.56. The van der Waals surface area contributed by atoms with Gasteiger partial charge in [-0.3, -0.25) is 0 Å². The Morgan fingerprint density at radius 3 is 2.17 bits per heavy atom. The lowest BCUT2D eigenvalue weighted by molar-refractivity contribution is -0.139. The molecule has 0 saturated carbocycles. The number of hydrogen-bond donors (Lipinski definition) is 1. The second-order valence-corrected chi connectivity index (χ2v) is 6.52. The van der Waals surface area contributed by atoms with E-state index in [4.69, 9.17) is 19.0 Å². The second kappa shape index (κ2) is 8.94. The van der Waals surface area contributed by atoms with Crippen LogP contribution in [0.3, 0.4) is 0 Å². The molecule has 0 fully saturated rings. The standard InChI is InChI=1S/C22H19F3O5/c1-14-16(10-11-28-18-6-8-19(9-7-18)29-13-21(26)27)12-20(30-14)15-2-4-17(5-3-15)22(23,24)25/h2-9,12H,10-11,13H2,1H3,(H,26,27). The molecule has 0 unspecified atom stereocenters. The number of alkyl halides is 3. The SMILES string of the molecule is Cc1oc(-c2ccc(C(F)(F)F)cc2)cc1CCOc1ccc(OCC(=O)O)cc1. The Hall–Kier alpha value is -3.42. The van der Waals surface area contributed by atoms with Gasteiger partial charge in [0.1, 0.15) is 23.0 Å². The van der Waals surface area contributed by atoms with Crippen molar-refractivity contribution in [3.8, 4) is 22.8 Å². The molecule has 0 aliphatic heterocycles. The first kappa shape index (κ1) is 21.3. The molecular formula is C22H19F3O5. The Bertz CT molecular complexity index is 989. The Morgan fingerprint density at radius 1 is 1.00 bits per heavy atom. The zero-order valence-electron chi connectivity index (χ0n) is 16.0. The number of benzene rings is 2. The molecule has 0 aliphatic rings. The number of carboxylic acid groups (broad SMARTS) is 1. The van der Waals surface area contributed by atoms with Crippen LogP contribution < -0.4 is 9.47 Å². The minimum absolute atomic E-state index is 0.363. The molecule has 0 atom stereocenters. The summed E-state index contributed by atoms with van der Waals surface area (Å²) in [6.45, 7) is 1.74. The maximum absolute atomic E-state index is 12.7. The lowest BCUT2D eigenvalue weighted by Gasteiger charge is -2.07. The highest BCUT2D eigenvalue weighted by molar-refractivity contribution is 5.68. The number of hydrogen-bond acceptors (Lipinski definition) is 4. The molecule has 3 rings (SSSR count). The molecule has 1 N–H and O–H groups in total. The monoisotopic (exact) mass is 420 g/mol. The van der Waals surface area contributed by atoms with Crippen molar-refractivity contribution < 1.29 is 37.0 Å². The third-order valence-electron chi connectivity index (χ3n) is 4.34. The predicted molar refractivity (Wildman–Crippen MR) is 103 cm³/mol. The van der Waals surface area contributed by atoms with Crippen molar-refractivity contribution >= 4 is 5.97 Å². The second-order valence-electron chi connectivity index (χ2n) is 6.52. The van der Waals surface area contributed by atoms with Crippen molar-refractivity contribution in [1.82, 2.24) is 0 Å². The van der Waals surface area contributed by atoms with E-state index in [2.05, 4.69) is 0 Å². The summed E-state index contributed by atoms with van der Waals surface area (Å²) in [6, 6.07) is 13.2. The van der Waals surface area contributed by atoms with E-state index >= 15 is 0 Å². The smallest absolute Gasteiger partial charge is 0.416 e. The van der Waals surface area contributed by atoms with Crippen LogP contribution in [0, 0.1) is 6.92 Å². The van der Waals surface area contributed by atoms with E-state index in [-0.39, 0.29) is 0 Å². The average molecular weight is 420 g/mol. The summed E-state index contributed by atoms with van der Waals surface area (Å²) in [5.41, 5.74) is 0.754. The van der Waals surface area contributed by atoms with Crippen LogP contribution in [0.4, 0.5) is 13.2 Å². The number of carboxylic acids is 1. The molecule has 0 spiro atoms. The van der Waals surface area contributed by atoms with Crippen molar-refractivity contribution in [2.45, 2.75) is 19.5 Å². The van der Waals surface area contributed by atoms with Gasteiger partial charge in [0.25, 0.3) is 0 Å². The molecule has 1 aromatic heterocycles. The lowest BCUT2D eigenvalue weighted by Crippen LogP contribution is -2.09. The van der Waals surface area contributed by atoms with E-state index in [1.165, 1.54) is 12.1 Å². The number of carbonyl (C=O) groups is 1. The van der Waals surface area contributed by atoms with Crippen LogP contribution in [0.15, 0.2) is 59.0 Å². The highest BCUT2D eigenvalue weighted by Gasteiger charge is 2.30. The third-order valence-corrected chi connectivity index (χ3v) is 4.34. The van der Waals surface area contributed by atoms with Crippen molar-refractivity contribution in [1.29, 1.82) is 0 Å². The van der Waals surface area contributed by atoms with Crippen LogP contribution in [-0.4, -0.2) is 24.3 Å². The van der Waals surface area contributed by atoms with Gasteiger partial charge >= 0.3 is 12.1 Å². The van der Waals surface area contributed by atoms with E-state index in [0.717, 1.165) is 17.7 Å². The molecule has 0 amide bonds. The largest absolute Gasteiger partial charge is 0.493 e. The van der Waals surface area contributed by atoms with Crippen LogP contribution >= 0.6 is 0 Å². The molecule has 1 heterocycles. The fourth-order valence-electron chi connectivity index (χ4n) is 2.79. The molecular weight excluding hydrogens is 401 g/mol. The Morgan fingerprint density at radius 2 is 1.60 bits per heavy atom. The van der Waals surface area contributed by atoms with Crippen LogP contribution in [0.25, 0.3) is 11.3 Å². The van der Waals surface area contributed by atoms with Gasteiger partial charge in [0.2, 0.25) is 0 Å². The topological polar surface area (TPSA) is 68.9 Å². The highest BCUT2D eigenvalue weighted by atomic mass is 19.4. The molecule has 0 bridgehead atoms. The summed E-state index contributed by atoms with van der Waals surface area (Å²) in [5, 5.41) is 8.59. The maximum Gasteiger partial charge on any atom is 0.416 e. The van der Waals surface area contributed by atoms with E-state index in [1.54, 1.807) is 37.3 Å². The van der Waals surface area contributed by atoms with Crippen molar-refractivity contribution in [3.63, 3.8) is 0 Å². The summed E-state index contributed by atoms with van der Waals surface area (Å²) in [7, 11) is 0. The highest BCUT2D eigenvalue weighted by Crippen LogP contribution is 2.32. The van der Waals surface area contributed by atoms with Crippen LogP contribution in [-0.2, 0) is 17.4 Å². The molecule has 8 heteroatoms. The fourth-order valence-corrected chi connectivity index (χ4v) is 2.79. The molecule has 0 saturated heterocycles. The van der Waals surface area contributed by atoms with Gasteiger partial charge in [-0.05, 0) is 55.0 Å². The van der Waals surface area contributed by atoms with Gasteiger partial charge in [-0.15, -0.1) is 0 Å². The van der Waals surface area contributed by atoms with E-state index in [9.17, 15) is 18.0 Å². The molecule has 30 heavy (non-hydrogen) atoms. The summed E-state index contributed by atoms with van der Waals surface area (Å²) in [5.74, 6) is 1.14. The summed E-state index contributed by atoms with van der Waals surface area (Å²) in [6.07, 6.45) is -3.83. The van der Waals surface area contributed by atoms with Gasteiger partial charge in [0.15, 0.2) is 6.61 Å². The van der Waals surface area contributed by atoms with E-state index in [1.807, 2.05) is 0 Å². The number of aliphatic carboxylic acids is 1. The van der Waals surface area contributed by atoms with Crippen LogP contribution in [0.1, 0.15) is 16.9 Å². The number of aryl methyl sites for hydroxylation is 1. The normalized spacial score (nSPS) is 11.3. The quantitative estimate of drug-likeness (QED) is 0.531. The summed E-state index contributed by atoms with van der Waals surface area (Å²) < 4.78 is 54.5. The van der Waals surface area contributed by atoms with Gasteiger partial charge in [-0.2, -0.15) is 13.2 Å². The number of rotatable bonds is 8. The molecule has 5 nitrogen and oxygen atoms in total. The first-order valence-electron chi connectivity index (χ1n) is 9.07. The Labute approximate surface area is 170 Å². The Balaban J connectivity index is 1.57. The van der Waals surface area contributed by atoms with E-state index in [0.29, 0.717) is 41.6 Å². The van der Waals surface area contributed by atoms with Gasteiger partial charge in [-0.25, -0.2) is 4.79 Å². The van der Waals surface area contributed by atoms with Gasteiger partial charge in [-0.1, -0.05) is 12.1 Å². The molecule has 3 aromatic rings. The average Bonchev–Trinajstić information content (AvgIpc) is 3.07. The van der Waals surface area contributed by atoms with Crippen LogP contribution in [0.5, 0.6) is 11.5 Å². The predicted octanol–water partition coefficient (Wildman–Crippen LogP) is 5.36. The first-order valence-corrected chi connectivity index (χ1v) is 9.07. The number of furan rings is 1. The van der Waals surface area contributed by atoms with Crippen molar-refractivity contribution in [2.75, 3.05) is 13.2 Å². The fraction of sp³-hybridized carbons (Fsp3) is 0.227. The number of ether oxygens (including phenoxy) is 2. The molecule has 0 radical (unpaired) electrons. The van der Waals surface area contributed by atoms with Crippen LogP contribution in [0.2, 0.25) is 0 Å². The summed E-state index contributed by atoms with van der Waals surface area (Å²) in [4.78, 5) is 10.5. The minimum atomic E-state index is -4.37. The first-order chi connectivity index (χ1) is 14.2. The minimum Gasteiger partial charge on any atom is -0.493 e. The zero-order chi connectivity index (χ0) is 21.7. The molecule has 0 aliphatic carbocycles. The lowest BCUT2D eigenvalue weighted by atomic mass is 10.1. The van der Waals surface area contributed by atoms with Gasteiger partial charge < -0.3 is 19.0 Å². The maximum atomic E-state index is 12.7. The van der Waals surface area contributed by atoms with Crippen molar-refractivity contribution in [3.05, 3.63) is 71.5 Å². The Kier molecular flexibility index (Phi) is 6.34. The molecule has 2 aromatic carbocycles. The van der Waals surface area contributed by atoms with E-state index < -0.39 is 24.3 Å².